The number of carbonyl (C=O) groups excluding carboxylic acids is 1. The molecule has 0 spiro atoms. The van der Waals surface area contributed by atoms with E-state index in [1.807, 2.05) is 13.0 Å². The number of benzene rings is 1. The summed E-state index contributed by atoms with van der Waals surface area (Å²) in [5, 5.41) is 7.12. The van der Waals surface area contributed by atoms with Crippen molar-refractivity contribution < 1.29 is 37.3 Å². The molecule has 0 radical (unpaired) electrons. The Bertz CT molecular complexity index is 649. The van der Waals surface area contributed by atoms with Crippen molar-refractivity contribution >= 4 is 11.9 Å². The normalized spacial score (nSPS) is 16.1. The lowest BCUT2D eigenvalue weighted by molar-refractivity contribution is -0.192. The van der Waals surface area contributed by atoms with E-state index in [4.69, 9.17) is 25.1 Å². The first-order chi connectivity index (χ1) is 13.2. The molecule has 158 valence electrons. The summed E-state index contributed by atoms with van der Waals surface area (Å²) >= 11 is 0. The monoisotopic (exact) mass is 405 g/mol. The van der Waals surface area contributed by atoms with E-state index in [1.165, 1.54) is 11.1 Å². The summed E-state index contributed by atoms with van der Waals surface area (Å²) in [6, 6.07) is 6.25. The average molecular weight is 405 g/mol. The maximum absolute atomic E-state index is 11.7. The van der Waals surface area contributed by atoms with Gasteiger partial charge in [-0.3, -0.25) is 4.79 Å². The maximum atomic E-state index is 11.7. The summed E-state index contributed by atoms with van der Waals surface area (Å²) in [7, 11) is 0. The molecule has 6 nitrogen and oxygen atoms in total. The Morgan fingerprint density at radius 3 is 2.54 bits per heavy atom. The van der Waals surface area contributed by atoms with Crippen molar-refractivity contribution in [2.24, 2.45) is 11.7 Å². The molecule has 1 aromatic rings. The van der Waals surface area contributed by atoms with Crippen molar-refractivity contribution in [2.75, 3.05) is 19.8 Å². The van der Waals surface area contributed by atoms with E-state index in [0.29, 0.717) is 32.1 Å². The van der Waals surface area contributed by atoms with Gasteiger partial charge in [0.15, 0.2) is 0 Å². The van der Waals surface area contributed by atoms with Crippen molar-refractivity contribution in [2.45, 2.75) is 45.2 Å². The summed E-state index contributed by atoms with van der Waals surface area (Å²) in [5.74, 6) is -1.55. The Morgan fingerprint density at radius 1 is 1.29 bits per heavy atom. The average Bonchev–Trinajstić information content (AvgIpc) is 2.81. The third kappa shape index (κ3) is 8.60. The van der Waals surface area contributed by atoms with Crippen LogP contribution in [-0.4, -0.2) is 43.0 Å². The summed E-state index contributed by atoms with van der Waals surface area (Å²) in [6.45, 7) is 3.39. The molecule has 0 bridgehead atoms. The predicted octanol–water partition coefficient (Wildman–Crippen LogP) is 3.11. The van der Waals surface area contributed by atoms with Gasteiger partial charge in [-0.1, -0.05) is 6.07 Å². The van der Waals surface area contributed by atoms with Gasteiger partial charge >= 0.3 is 18.1 Å². The lowest BCUT2D eigenvalue weighted by Gasteiger charge is -2.14. The zero-order valence-corrected chi connectivity index (χ0v) is 15.8. The van der Waals surface area contributed by atoms with Gasteiger partial charge in [0.05, 0.1) is 6.61 Å². The van der Waals surface area contributed by atoms with Crippen molar-refractivity contribution in [3.05, 3.63) is 29.3 Å². The highest BCUT2D eigenvalue weighted by molar-refractivity contribution is 5.73. The van der Waals surface area contributed by atoms with Gasteiger partial charge in [0.25, 0.3) is 0 Å². The molecule has 0 heterocycles. The van der Waals surface area contributed by atoms with Gasteiger partial charge in [-0.2, -0.15) is 13.2 Å². The molecule has 0 saturated carbocycles. The number of alkyl halides is 3. The molecule has 28 heavy (non-hydrogen) atoms. The van der Waals surface area contributed by atoms with Crippen molar-refractivity contribution in [3.63, 3.8) is 0 Å². The van der Waals surface area contributed by atoms with Crippen LogP contribution in [0, 0.1) is 5.92 Å². The Morgan fingerprint density at radius 2 is 1.96 bits per heavy atom. The highest BCUT2D eigenvalue weighted by atomic mass is 19.4. The van der Waals surface area contributed by atoms with E-state index in [0.717, 1.165) is 31.4 Å². The van der Waals surface area contributed by atoms with Gasteiger partial charge in [-0.05, 0) is 61.8 Å². The molecular formula is C19H26F3NO5. The second-order valence-electron chi connectivity index (χ2n) is 6.34. The zero-order valence-electron chi connectivity index (χ0n) is 15.8. The molecule has 1 atom stereocenters. The summed E-state index contributed by atoms with van der Waals surface area (Å²) in [6.07, 6.45) is -0.373. The quantitative estimate of drug-likeness (QED) is 0.557. The van der Waals surface area contributed by atoms with Gasteiger partial charge in [0.2, 0.25) is 0 Å². The second-order valence-corrected chi connectivity index (χ2v) is 6.34. The number of hydrogen-bond acceptors (Lipinski definition) is 5. The molecule has 2 rings (SSSR count). The number of carboxylic acid groups (broad SMARTS) is 1. The van der Waals surface area contributed by atoms with Crippen LogP contribution in [0.2, 0.25) is 0 Å². The molecule has 1 aliphatic rings. The van der Waals surface area contributed by atoms with Gasteiger partial charge in [-0.25, -0.2) is 4.79 Å². The molecular weight excluding hydrogens is 379 g/mol. The van der Waals surface area contributed by atoms with Crippen LogP contribution >= 0.6 is 0 Å². The molecule has 0 amide bonds. The summed E-state index contributed by atoms with van der Waals surface area (Å²) < 4.78 is 42.4. The number of aliphatic carboxylic acids is 1. The molecule has 1 aliphatic carbocycles. The fourth-order valence-electron chi connectivity index (χ4n) is 2.92. The number of carbonyl (C=O) groups is 2. The SMILES string of the molecule is CCOC(=O)CC1CCCc2cc(OCCN)ccc2C1.O=C(O)C(F)(F)F. The number of fused-ring (bicyclic) bond motifs is 1. The van der Waals surface area contributed by atoms with Crippen LogP contribution in [-0.2, 0) is 27.2 Å². The standard InChI is InChI=1S/C17H25NO3.C2HF3O2/c1-2-20-17(19)11-13-4-3-5-14-12-16(21-9-8-18)7-6-15(14)10-13;3-2(4,5)1(6)7/h6-7,12-13H,2-5,8-11,18H2,1H3;(H,6,7). The number of hydrogen-bond donors (Lipinski definition) is 2. The van der Waals surface area contributed by atoms with E-state index < -0.39 is 12.1 Å². The highest BCUT2D eigenvalue weighted by Gasteiger charge is 2.38. The minimum Gasteiger partial charge on any atom is -0.492 e. The maximum Gasteiger partial charge on any atom is 0.490 e. The van der Waals surface area contributed by atoms with Crippen LogP contribution in [0.4, 0.5) is 13.2 Å². The van der Waals surface area contributed by atoms with E-state index in [9.17, 15) is 18.0 Å². The molecule has 0 aromatic heterocycles. The van der Waals surface area contributed by atoms with E-state index in [1.54, 1.807) is 0 Å². The molecule has 0 saturated heterocycles. The first kappa shape index (κ1) is 23.7. The van der Waals surface area contributed by atoms with Crippen LogP contribution in [0.1, 0.15) is 37.3 Å². The molecule has 1 unspecified atom stereocenters. The number of halogens is 3. The fourth-order valence-corrected chi connectivity index (χ4v) is 2.92. The Labute approximate surface area is 161 Å². The Balaban J connectivity index is 0.000000480. The molecule has 3 N–H and O–H groups in total. The topological polar surface area (TPSA) is 98.9 Å². The van der Waals surface area contributed by atoms with Gasteiger partial charge in [0.1, 0.15) is 12.4 Å². The smallest absolute Gasteiger partial charge is 0.490 e. The largest absolute Gasteiger partial charge is 0.492 e. The van der Waals surface area contributed by atoms with Crippen LogP contribution in [0.25, 0.3) is 0 Å². The minimum absolute atomic E-state index is 0.0751. The number of nitrogens with two attached hydrogens (primary N) is 1. The number of esters is 1. The second kappa shape index (κ2) is 11.5. The van der Waals surface area contributed by atoms with Crippen molar-refractivity contribution in [1.82, 2.24) is 0 Å². The fraction of sp³-hybridized carbons (Fsp3) is 0.579. The molecule has 1 aromatic carbocycles. The lowest BCUT2D eigenvalue weighted by atomic mass is 9.94. The minimum atomic E-state index is -5.08. The van der Waals surface area contributed by atoms with Crippen LogP contribution < -0.4 is 10.5 Å². The Hall–Kier alpha value is -2.29. The van der Waals surface area contributed by atoms with Gasteiger partial charge in [-0.15, -0.1) is 0 Å². The van der Waals surface area contributed by atoms with Crippen molar-refractivity contribution in [1.29, 1.82) is 0 Å². The molecule has 0 fully saturated rings. The molecule has 0 aliphatic heterocycles. The number of aryl methyl sites for hydroxylation is 1. The van der Waals surface area contributed by atoms with E-state index in [2.05, 4.69) is 12.1 Å². The number of ether oxygens (including phenoxy) is 2. The van der Waals surface area contributed by atoms with Crippen LogP contribution in [0.15, 0.2) is 18.2 Å². The van der Waals surface area contributed by atoms with Gasteiger partial charge < -0.3 is 20.3 Å². The molecule has 9 heteroatoms. The highest BCUT2D eigenvalue weighted by Crippen LogP contribution is 2.29. The third-order valence-corrected chi connectivity index (χ3v) is 4.13. The summed E-state index contributed by atoms with van der Waals surface area (Å²) in [5.41, 5.74) is 8.14. The third-order valence-electron chi connectivity index (χ3n) is 4.13. The lowest BCUT2D eigenvalue weighted by Crippen LogP contribution is -2.21. The van der Waals surface area contributed by atoms with Crippen LogP contribution in [0.3, 0.4) is 0 Å². The van der Waals surface area contributed by atoms with Crippen LogP contribution in [0.5, 0.6) is 5.75 Å². The van der Waals surface area contributed by atoms with Crippen molar-refractivity contribution in [3.8, 4) is 5.75 Å². The van der Waals surface area contributed by atoms with E-state index in [-0.39, 0.29) is 5.97 Å². The predicted molar refractivity (Wildman–Crippen MR) is 96.1 cm³/mol. The number of rotatable bonds is 6. The van der Waals surface area contributed by atoms with E-state index >= 15 is 0 Å². The first-order valence-corrected chi connectivity index (χ1v) is 9.07. The summed E-state index contributed by atoms with van der Waals surface area (Å²) in [4.78, 5) is 20.5. The first-order valence-electron chi connectivity index (χ1n) is 9.07. The Kier molecular flexibility index (Phi) is 9.78. The van der Waals surface area contributed by atoms with Gasteiger partial charge in [0, 0.05) is 13.0 Å². The zero-order chi connectivity index (χ0) is 21.2. The number of carboxylic acids is 1.